The largest absolute Gasteiger partial charge is 0.481 e. The molecule has 10 nitrogen and oxygen atoms in total. The zero-order valence-electron chi connectivity index (χ0n) is 12.4. The van der Waals surface area contributed by atoms with E-state index in [9.17, 15) is 29.6 Å². The molecule has 1 aromatic carbocycles. The molecule has 128 valence electrons. The Balaban J connectivity index is 2.05. The van der Waals surface area contributed by atoms with E-state index in [1.807, 2.05) is 0 Å². The number of carboxylic acid groups (broad SMARTS) is 2. The highest BCUT2D eigenvalue weighted by Crippen LogP contribution is 2.35. The van der Waals surface area contributed by atoms with Crippen molar-refractivity contribution in [3.05, 3.63) is 34.4 Å². The predicted molar refractivity (Wildman–Crippen MR) is 80.6 cm³/mol. The number of nitrogens with zero attached hydrogens (tertiary/aromatic N) is 1. The second-order valence-electron chi connectivity index (χ2n) is 5.55. The number of aliphatic carboxylic acids is 2. The zero-order valence-corrected chi connectivity index (χ0v) is 12.4. The number of benzene rings is 1. The molecule has 0 saturated heterocycles. The van der Waals surface area contributed by atoms with E-state index < -0.39 is 34.3 Å². The van der Waals surface area contributed by atoms with Gasteiger partial charge in [0.25, 0.3) is 5.69 Å². The van der Waals surface area contributed by atoms with Gasteiger partial charge in [-0.15, -0.1) is 0 Å². The minimum Gasteiger partial charge on any atom is -0.481 e. The van der Waals surface area contributed by atoms with Crippen LogP contribution in [0.5, 0.6) is 0 Å². The van der Waals surface area contributed by atoms with Gasteiger partial charge >= 0.3 is 18.0 Å². The summed E-state index contributed by atoms with van der Waals surface area (Å²) in [6.07, 6.45) is -0.0439. The van der Waals surface area contributed by atoms with Crippen molar-refractivity contribution >= 4 is 29.3 Å². The van der Waals surface area contributed by atoms with Gasteiger partial charge in [-0.1, -0.05) is 0 Å². The molecule has 2 amide bonds. The Morgan fingerprint density at radius 3 is 2.29 bits per heavy atom. The lowest BCUT2D eigenvalue weighted by Gasteiger charge is -2.25. The molecule has 1 saturated carbocycles. The summed E-state index contributed by atoms with van der Waals surface area (Å²) in [6, 6.07) is 4.17. The molecular formula is C14H15N3O7. The third-order valence-corrected chi connectivity index (χ3v) is 3.96. The molecule has 10 heteroatoms. The third kappa shape index (κ3) is 3.59. The Hall–Kier alpha value is -3.17. The summed E-state index contributed by atoms with van der Waals surface area (Å²) in [4.78, 5) is 44.5. The smallest absolute Gasteiger partial charge is 0.329 e. The maximum atomic E-state index is 12.0. The molecule has 0 aliphatic heterocycles. The van der Waals surface area contributed by atoms with Crippen molar-refractivity contribution in [1.29, 1.82) is 0 Å². The van der Waals surface area contributed by atoms with E-state index in [1.165, 1.54) is 24.3 Å². The van der Waals surface area contributed by atoms with Crippen LogP contribution >= 0.6 is 0 Å². The lowest BCUT2D eigenvalue weighted by Crippen LogP contribution is -2.54. The normalized spacial score (nSPS) is 22.6. The fraction of sp³-hybridized carbons (Fsp3) is 0.357. The van der Waals surface area contributed by atoms with Crippen LogP contribution in [0, 0.1) is 16.0 Å². The molecule has 0 radical (unpaired) electrons. The van der Waals surface area contributed by atoms with Gasteiger partial charge in [0, 0.05) is 17.8 Å². The highest BCUT2D eigenvalue weighted by atomic mass is 16.6. The van der Waals surface area contributed by atoms with Crippen LogP contribution < -0.4 is 10.6 Å². The van der Waals surface area contributed by atoms with E-state index in [4.69, 9.17) is 5.11 Å². The molecule has 1 aliphatic carbocycles. The molecule has 1 aromatic rings. The number of nitrogens with one attached hydrogen (secondary N) is 2. The second kappa shape index (κ2) is 6.52. The average Bonchev–Trinajstić information content (AvgIpc) is 2.93. The minimum absolute atomic E-state index is 0.00693. The summed E-state index contributed by atoms with van der Waals surface area (Å²) in [6.45, 7) is 0. The molecule has 1 fully saturated rings. The zero-order chi connectivity index (χ0) is 17.9. The first-order valence-electron chi connectivity index (χ1n) is 7.03. The number of nitro groups is 1. The second-order valence-corrected chi connectivity index (χ2v) is 5.55. The summed E-state index contributed by atoms with van der Waals surface area (Å²) in [7, 11) is 0. The minimum atomic E-state index is -1.64. The van der Waals surface area contributed by atoms with Gasteiger partial charge in [-0.25, -0.2) is 9.59 Å². The fourth-order valence-electron chi connectivity index (χ4n) is 2.66. The van der Waals surface area contributed by atoms with Gasteiger partial charge in [0.2, 0.25) is 0 Å². The van der Waals surface area contributed by atoms with E-state index >= 15 is 0 Å². The molecular weight excluding hydrogens is 322 g/mol. The van der Waals surface area contributed by atoms with Crippen molar-refractivity contribution in [3.8, 4) is 0 Å². The summed E-state index contributed by atoms with van der Waals surface area (Å²) in [5, 5.41) is 33.6. The molecule has 2 rings (SSSR count). The van der Waals surface area contributed by atoms with Crippen molar-refractivity contribution in [1.82, 2.24) is 5.32 Å². The lowest BCUT2D eigenvalue weighted by atomic mass is 9.96. The van der Waals surface area contributed by atoms with Crippen LogP contribution in [0.15, 0.2) is 24.3 Å². The number of carbonyl (C=O) groups excluding carboxylic acids is 1. The Kier molecular flexibility index (Phi) is 4.67. The number of rotatable bonds is 5. The summed E-state index contributed by atoms with van der Waals surface area (Å²) in [5.74, 6) is -3.23. The van der Waals surface area contributed by atoms with Crippen molar-refractivity contribution in [3.63, 3.8) is 0 Å². The fourth-order valence-corrected chi connectivity index (χ4v) is 2.66. The number of carboxylic acids is 2. The van der Waals surface area contributed by atoms with Crippen molar-refractivity contribution < 1.29 is 29.5 Å². The third-order valence-electron chi connectivity index (χ3n) is 3.96. The number of hydrogen-bond acceptors (Lipinski definition) is 5. The highest BCUT2D eigenvalue weighted by Gasteiger charge is 2.48. The van der Waals surface area contributed by atoms with Crippen LogP contribution in [0.3, 0.4) is 0 Å². The number of nitro benzene ring substituents is 1. The average molecular weight is 337 g/mol. The van der Waals surface area contributed by atoms with Crippen LogP contribution in [0.4, 0.5) is 16.2 Å². The van der Waals surface area contributed by atoms with Gasteiger partial charge in [0.15, 0.2) is 0 Å². The number of urea groups is 1. The number of hydrogen-bond donors (Lipinski definition) is 4. The summed E-state index contributed by atoms with van der Waals surface area (Å²) >= 11 is 0. The number of non-ortho nitro benzene ring substituents is 1. The predicted octanol–water partition coefficient (Wildman–Crippen LogP) is 1.42. The van der Waals surface area contributed by atoms with Gasteiger partial charge in [-0.05, 0) is 31.4 Å². The molecule has 0 unspecified atom stereocenters. The number of anilines is 1. The number of carbonyl (C=O) groups is 3. The van der Waals surface area contributed by atoms with Crippen LogP contribution in [0.2, 0.25) is 0 Å². The van der Waals surface area contributed by atoms with Crippen LogP contribution in [0.25, 0.3) is 0 Å². The van der Waals surface area contributed by atoms with Gasteiger partial charge in [-0.2, -0.15) is 0 Å². The van der Waals surface area contributed by atoms with Gasteiger partial charge in [0.1, 0.15) is 5.54 Å². The van der Waals surface area contributed by atoms with Crippen LogP contribution in [-0.4, -0.2) is 38.6 Å². The molecule has 0 spiro atoms. The SMILES string of the molecule is O=C(Nc1ccc([N+](=O)[O-])cc1)N[C@]1(C(=O)O)CC[C@@H](C(=O)O)C1. The lowest BCUT2D eigenvalue weighted by molar-refractivity contribution is -0.384. The first kappa shape index (κ1) is 17.2. The van der Waals surface area contributed by atoms with Crippen molar-refractivity contribution in [2.24, 2.45) is 5.92 Å². The van der Waals surface area contributed by atoms with E-state index in [0.29, 0.717) is 0 Å². The summed E-state index contributed by atoms with van der Waals surface area (Å²) < 4.78 is 0. The number of amides is 2. The maximum absolute atomic E-state index is 12.0. The molecule has 0 aromatic heterocycles. The van der Waals surface area contributed by atoms with Gasteiger partial charge < -0.3 is 20.8 Å². The Morgan fingerprint density at radius 2 is 1.83 bits per heavy atom. The van der Waals surface area contributed by atoms with E-state index in [1.54, 1.807) is 0 Å². The van der Waals surface area contributed by atoms with Crippen molar-refractivity contribution in [2.45, 2.75) is 24.8 Å². The molecule has 0 heterocycles. The standard InChI is InChI=1S/C14H15N3O7/c18-11(19)8-5-6-14(7-8,12(20)21)16-13(22)15-9-1-3-10(4-2-9)17(23)24/h1-4,8H,5-7H2,(H,18,19)(H,20,21)(H2,15,16,22)/t8-,14-/m1/s1. The van der Waals surface area contributed by atoms with Gasteiger partial charge in [-0.3, -0.25) is 14.9 Å². The topological polar surface area (TPSA) is 159 Å². The Labute approximate surface area is 135 Å². The van der Waals surface area contributed by atoms with Crippen LogP contribution in [0.1, 0.15) is 19.3 Å². The van der Waals surface area contributed by atoms with Crippen LogP contribution in [-0.2, 0) is 9.59 Å². The Bertz CT molecular complexity index is 688. The quantitative estimate of drug-likeness (QED) is 0.467. The molecule has 2 atom stereocenters. The first-order chi connectivity index (χ1) is 11.2. The first-order valence-corrected chi connectivity index (χ1v) is 7.03. The van der Waals surface area contributed by atoms with E-state index in [2.05, 4.69) is 10.6 Å². The maximum Gasteiger partial charge on any atom is 0.329 e. The van der Waals surface area contributed by atoms with Gasteiger partial charge in [0.05, 0.1) is 10.8 Å². The molecule has 1 aliphatic rings. The van der Waals surface area contributed by atoms with Crippen molar-refractivity contribution in [2.75, 3.05) is 5.32 Å². The molecule has 4 N–H and O–H groups in total. The molecule has 24 heavy (non-hydrogen) atoms. The Morgan fingerprint density at radius 1 is 1.21 bits per heavy atom. The summed E-state index contributed by atoms with van der Waals surface area (Å²) in [5.41, 5.74) is -1.55. The monoisotopic (exact) mass is 337 g/mol. The molecule has 0 bridgehead atoms. The van der Waals surface area contributed by atoms with E-state index in [-0.39, 0.29) is 30.6 Å². The van der Waals surface area contributed by atoms with E-state index in [0.717, 1.165) is 0 Å². The highest BCUT2D eigenvalue weighted by molar-refractivity contribution is 5.94.